The highest BCUT2D eigenvalue weighted by molar-refractivity contribution is 5.64. The van der Waals surface area contributed by atoms with Crippen LogP contribution in [0.2, 0.25) is 0 Å². The minimum Gasteiger partial charge on any atom is -0.447 e. The van der Waals surface area contributed by atoms with Gasteiger partial charge in [-0.25, -0.2) is 4.79 Å². The molecule has 0 aromatic heterocycles. The zero-order chi connectivity index (χ0) is 15.5. The summed E-state index contributed by atoms with van der Waals surface area (Å²) in [5.74, 6) is -1.18. The molecule has 9 nitrogen and oxygen atoms in total. The highest BCUT2D eigenvalue weighted by atomic mass is 16.6. The van der Waals surface area contributed by atoms with Crippen molar-refractivity contribution >= 4 is 12.4 Å². The van der Waals surface area contributed by atoms with Gasteiger partial charge in [0.1, 0.15) is 19.0 Å². The Labute approximate surface area is 116 Å². The van der Waals surface area contributed by atoms with Crippen molar-refractivity contribution in [2.24, 2.45) is 11.7 Å². The van der Waals surface area contributed by atoms with E-state index in [1.165, 1.54) is 7.11 Å². The summed E-state index contributed by atoms with van der Waals surface area (Å²) in [7, 11) is 1.26. The van der Waals surface area contributed by atoms with Gasteiger partial charge in [-0.2, -0.15) is 0 Å². The summed E-state index contributed by atoms with van der Waals surface area (Å²) >= 11 is 0. The van der Waals surface area contributed by atoms with E-state index < -0.39 is 36.9 Å². The van der Waals surface area contributed by atoms with Gasteiger partial charge in [0.25, 0.3) is 0 Å². The molecule has 0 aromatic carbocycles. The van der Waals surface area contributed by atoms with Crippen molar-refractivity contribution in [2.45, 2.75) is 18.3 Å². The number of carbonyl (C=O) groups is 2. The Morgan fingerprint density at radius 1 is 1.35 bits per heavy atom. The van der Waals surface area contributed by atoms with Crippen molar-refractivity contribution in [3.63, 3.8) is 0 Å². The summed E-state index contributed by atoms with van der Waals surface area (Å²) in [5.41, 5.74) is 4.72. The number of ether oxygens (including phenoxy) is 3. The molecular weight excluding hydrogens is 274 g/mol. The van der Waals surface area contributed by atoms with Crippen molar-refractivity contribution in [1.82, 2.24) is 0 Å². The van der Waals surface area contributed by atoms with Gasteiger partial charge >= 0.3 is 6.09 Å². The van der Waals surface area contributed by atoms with Crippen LogP contribution in [0.5, 0.6) is 0 Å². The zero-order valence-electron chi connectivity index (χ0n) is 11.2. The molecule has 0 radical (unpaired) electrons. The van der Waals surface area contributed by atoms with Crippen molar-refractivity contribution in [3.05, 3.63) is 0 Å². The third kappa shape index (κ3) is 6.78. The SMILES string of the molecule is COC(CO)C(O)C(C=O)C(O)COCCOC(N)=O. The largest absolute Gasteiger partial charge is 0.447 e. The summed E-state index contributed by atoms with van der Waals surface area (Å²) in [5, 5.41) is 28.5. The molecule has 0 aliphatic heterocycles. The molecular formula is C11H21NO8. The lowest BCUT2D eigenvalue weighted by Crippen LogP contribution is -2.45. The summed E-state index contributed by atoms with van der Waals surface area (Å²) in [6, 6.07) is 0. The van der Waals surface area contributed by atoms with E-state index in [4.69, 9.17) is 20.3 Å². The Morgan fingerprint density at radius 3 is 2.45 bits per heavy atom. The highest BCUT2D eigenvalue weighted by Gasteiger charge is 2.32. The van der Waals surface area contributed by atoms with Gasteiger partial charge < -0.3 is 40.1 Å². The van der Waals surface area contributed by atoms with E-state index in [9.17, 15) is 19.8 Å². The molecule has 9 heteroatoms. The Morgan fingerprint density at radius 2 is 2.00 bits per heavy atom. The van der Waals surface area contributed by atoms with Crippen LogP contribution in [0.1, 0.15) is 0 Å². The molecule has 4 unspecified atom stereocenters. The molecule has 0 aliphatic carbocycles. The fourth-order valence-electron chi connectivity index (χ4n) is 1.48. The van der Waals surface area contributed by atoms with E-state index in [0.29, 0.717) is 6.29 Å². The molecule has 0 saturated heterocycles. The second-order valence-electron chi connectivity index (χ2n) is 3.97. The maximum Gasteiger partial charge on any atom is 0.404 e. The molecule has 0 spiro atoms. The zero-order valence-corrected chi connectivity index (χ0v) is 11.2. The van der Waals surface area contributed by atoms with Gasteiger partial charge in [0.05, 0.1) is 37.9 Å². The van der Waals surface area contributed by atoms with Crippen molar-refractivity contribution in [2.75, 3.05) is 33.5 Å². The van der Waals surface area contributed by atoms with Crippen LogP contribution in [0.3, 0.4) is 0 Å². The third-order valence-electron chi connectivity index (χ3n) is 2.62. The van der Waals surface area contributed by atoms with Crippen LogP contribution < -0.4 is 5.73 Å². The number of amides is 1. The van der Waals surface area contributed by atoms with Crippen LogP contribution in [-0.4, -0.2) is 79.5 Å². The molecule has 4 atom stereocenters. The highest BCUT2D eigenvalue weighted by Crippen LogP contribution is 2.13. The number of methoxy groups -OCH3 is 1. The van der Waals surface area contributed by atoms with Crippen LogP contribution in [0.4, 0.5) is 4.79 Å². The summed E-state index contributed by atoms with van der Waals surface area (Å²) in [4.78, 5) is 21.2. The van der Waals surface area contributed by atoms with Crippen LogP contribution >= 0.6 is 0 Å². The topological polar surface area (TPSA) is 149 Å². The summed E-state index contributed by atoms with van der Waals surface area (Å²) in [6.45, 7) is -0.866. The number of carbonyl (C=O) groups excluding carboxylic acids is 2. The van der Waals surface area contributed by atoms with Gasteiger partial charge in [0, 0.05) is 7.11 Å². The third-order valence-corrected chi connectivity index (χ3v) is 2.62. The maximum atomic E-state index is 10.9. The van der Waals surface area contributed by atoms with Gasteiger partial charge in [-0.15, -0.1) is 0 Å². The predicted octanol–water partition coefficient (Wildman–Crippen LogP) is -2.36. The van der Waals surface area contributed by atoms with E-state index in [0.717, 1.165) is 0 Å². The molecule has 0 saturated carbocycles. The number of nitrogens with two attached hydrogens (primary N) is 1. The number of primary amides is 1. The fraction of sp³-hybridized carbons (Fsp3) is 0.818. The summed E-state index contributed by atoms with van der Waals surface area (Å²) < 4.78 is 14.1. The fourth-order valence-corrected chi connectivity index (χ4v) is 1.48. The second-order valence-corrected chi connectivity index (χ2v) is 3.97. The number of rotatable bonds is 11. The average molecular weight is 295 g/mol. The average Bonchev–Trinajstić information content (AvgIpc) is 2.40. The standard InChI is InChI=1S/C11H21NO8/c1-18-9(5-14)10(16)7(4-13)8(15)6-19-2-3-20-11(12)17/h4,7-10,14-16H,2-3,5-6H2,1H3,(H2,12,17). The van der Waals surface area contributed by atoms with Gasteiger partial charge in [-0.3, -0.25) is 0 Å². The minimum absolute atomic E-state index is 0.0185. The van der Waals surface area contributed by atoms with E-state index in [1.54, 1.807) is 0 Å². The normalized spacial score (nSPS) is 17.0. The second kappa shape index (κ2) is 10.5. The van der Waals surface area contributed by atoms with Crippen molar-refractivity contribution in [1.29, 1.82) is 0 Å². The van der Waals surface area contributed by atoms with Crippen molar-refractivity contribution < 1.29 is 39.1 Å². The Balaban J connectivity index is 4.16. The van der Waals surface area contributed by atoms with E-state index in [-0.39, 0.29) is 19.8 Å². The predicted molar refractivity (Wildman–Crippen MR) is 65.8 cm³/mol. The van der Waals surface area contributed by atoms with E-state index >= 15 is 0 Å². The Kier molecular flexibility index (Phi) is 9.86. The molecule has 0 heterocycles. The van der Waals surface area contributed by atoms with Crippen LogP contribution in [0.15, 0.2) is 0 Å². The first kappa shape index (κ1) is 18.7. The molecule has 0 aliphatic rings. The Hall–Kier alpha value is -1.26. The number of aliphatic hydroxyl groups is 3. The van der Waals surface area contributed by atoms with Crippen LogP contribution in [0.25, 0.3) is 0 Å². The number of hydrogen-bond acceptors (Lipinski definition) is 8. The quantitative estimate of drug-likeness (QED) is 0.244. The smallest absolute Gasteiger partial charge is 0.404 e. The first-order valence-electron chi connectivity index (χ1n) is 5.93. The van der Waals surface area contributed by atoms with Gasteiger partial charge in [0.15, 0.2) is 0 Å². The number of aliphatic hydroxyl groups excluding tert-OH is 3. The van der Waals surface area contributed by atoms with E-state index in [2.05, 4.69) is 4.74 Å². The molecule has 0 bridgehead atoms. The lowest BCUT2D eigenvalue weighted by molar-refractivity contribution is -0.133. The lowest BCUT2D eigenvalue weighted by Gasteiger charge is -2.27. The first-order chi connectivity index (χ1) is 9.47. The van der Waals surface area contributed by atoms with Crippen LogP contribution in [-0.2, 0) is 19.0 Å². The molecule has 1 amide bonds. The maximum absolute atomic E-state index is 10.9. The number of aldehydes is 1. The molecule has 0 fully saturated rings. The Bertz CT molecular complexity index is 284. The summed E-state index contributed by atoms with van der Waals surface area (Å²) in [6.07, 6.45) is -4.23. The van der Waals surface area contributed by atoms with Crippen molar-refractivity contribution in [3.8, 4) is 0 Å². The molecule has 5 N–H and O–H groups in total. The molecule has 0 rings (SSSR count). The molecule has 0 aromatic rings. The van der Waals surface area contributed by atoms with Gasteiger partial charge in [0.2, 0.25) is 0 Å². The lowest BCUT2D eigenvalue weighted by atomic mass is 9.94. The minimum atomic E-state index is -1.37. The number of hydrogen-bond donors (Lipinski definition) is 4. The monoisotopic (exact) mass is 295 g/mol. The van der Waals surface area contributed by atoms with Crippen LogP contribution in [0, 0.1) is 5.92 Å². The first-order valence-corrected chi connectivity index (χ1v) is 5.93. The molecule has 118 valence electrons. The van der Waals surface area contributed by atoms with Gasteiger partial charge in [-0.05, 0) is 0 Å². The molecule has 20 heavy (non-hydrogen) atoms. The van der Waals surface area contributed by atoms with E-state index in [1.807, 2.05) is 0 Å². The van der Waals surface area contributed by atoms with Gasteiger partial charge in [-0.1, -0.05) is 0 Å².